The third-order valence-electron chi connectivity index (χ3n) is 4.25. The summed E-state index contributed by atoms with van der Waals surface area (Å²) in [6, 6.07) is 17.7. The minimum absolute atomic E-state index is 0.258. The minimum Gasteiger partial charge on any atom is -0.493 e. The predicted molar refractivity (Wildman–Crippen MR) is 110 cm³/mol. The molecule has 0 bridgehead atoms. The third-order valence-corrected chi connectivity index (χ3v) is 4.25. The number of pyridine rings is 1. The van der Waals surface area contributed by atoms with Crippen LogP contribution in [0.5, 0.6) is 17.4 Å². The van der Waals surface area contributed by atoms with E-state index in [1.54, 1.807) is 25.4 Å². The second kappa shape index (κ2) is 11.0. The number of benzene rings is 2. The zero-order valence-electron chi connectivity index (χ0n) is 16.4. The standard InChI is InChI=1S/C23H25FN2O3/c1-27-22-15-19(16-25-12-4-14-28-23-5-2-3-13-26-23)8-11-21(22)29-17-18-6-9-20(24)10-7-18/h2-3,5-11,13,15,25H,4,12,14,16-17H2,1H3. The molecular weight excluding hydrogens is 371 g/mol. The summed E-state index contributed by atoms with van der Waals surface area (Å²) in [4.78, 5) is 4.12. The van der Waals surface area contributed by atoms with Crippen LogP contribution in [-0.2, 0) is 13.2 Å². The van der Waals surface area contributed by atoms with Crippen LogP contribution in [0.25, 0.3) is 0 Å². The molecular formula is C23H25FN2O3. The lowest BCUT2D eigenvalue weighted by atomic mass is 10.2. The topological polar surface area (TPSA) is 52.6 Å². The van der Waals surface area contributed by atoms with Crippen LogP contribution in [0.4, 0.5) is 4.39 Å². The van der Waals surface area contributed by atoms with Gasteiger partial charge in [0.2, 0.25) is 5.88 Å². The van der Waals surface area contributed by atoms with Gasteiger partial charge in [-0.25, -0.2) is 9.37 Å². The van der Waals surface area contributed by atoms with Crippen molar-refractivity contribution in [1.82, 2.24) is 10.3 Å². The maximum absolute atomic E-state index is 13.0. The molecule has 0 amide bonds. The second-order valence-electron chi connectivity index (χ2n) is 6.45. The summed E-state index contributed by atoms with van der Waals surface area (Å²) < 4.78 is 29.8. The van der Waals surface area contributed by atoms with Crippen molar-refractivity contribution >= 4 is 0 Å². The van der Waals surface area contributed by atoms with E-state index in [0.29, 0.717) is 30.6 Å². The molecule has 0 saturated heterocycles. The van der Waals surface area contributed by atoms with Gasteiger partial charge in [-0.3, -0.25) is 0 Å². The Morgan fingerprint density at radius 3 is 2.52 bits per heavy atom. The average molecular weight is 396 g/mol. The number of aromatic nitrogens is 1. The SMILES string of the molecule is COc1cc(CNCCCOc2ccccn2)ccc1OCc1ccc(F)cc1. The normalized spacial score (nSPS) is 10.6. The van der Waals surface area contributed by atoms with E-state index in [9.17, 15) is 4.39 Å². The van der Waals surface area contributed by atoms with Gasteiger partial charge in [0.05, 0.1) is 13.7 Å². The van der Waals surface area contributed by atoms with Crippen LogP contribution in [0.3, 0.4) is 0 Å². The fourth-order valence-corrected chi connectivity index (χ4v) is 2.72. The number of rotatable bonds is 11. The second-order valence-corrected chi connectivity index (χ2v) is 6.45. The first kappa shape index (κ1) is 20.6. The maximum Gasteiger partial charge on any atom is 0.213 e. The zero-order chi connectivity index (χ0) is 20.3. The van der Waals surface area contributed by atoms with E-state index in [1.807, 2.05) is 36.4 Å². The highest BCUT2D eigenvalue weighted by Gasteiger charge is 2.06. The predicted octanol–water partition coefficient (Wildman–Crippen LogP) is 4.37. The molecule has 0 aliphatic rings. The minimum atomic E-state index is -0.258. The van der Waals surface area contributed by atoms with Crippen molar-refractivity contribution in [3.8, 4) is 17.4 Å². The van der Waals surface area contributed by atoms with Crippen molar-refractivity contribution in [2.45, 2.75) is 19.6 Å². The van der Waals surface area contributed by atoms with Gasteiger partial charge in [0, 0.05) is 18.8 Å². The van der Waals surface area contributed by atoms with Gasteiger partial charge in [0.1, 0.15) is 12.4 Å². The molecule has 1 N–H and O–H groups in total. The summed E-state index contributed by atoms with van der Waals surface area (Å²) in [5.74, 6) is 1.72. The van der Waals surface area contributed by atoms with E-state index in [-0.39, 0.29) is 5.82 Å². The number of hydrogen-bond acceptors (Lipinski definition) is 5. The summed E-state index contributed by atoms with van der Waals surface area (Å²) >= 11 is 0. The highest BCUT2D eigenvalue weighted by molar-refractivity contribution is 5.43. The molecule has 5 nitrogen and oxygen atoms in total. The van der Waals surface area contributed by atoms with Gasteiger partial charge in [-0.1, -0.05) is 24.3 Å². The lowest BCUT2D eigenvalue weighted by molar-refractivity contribution is 0.284. The van der Waals surface area contributed by atoms with E-state index in [1.165, 1.54) is 12.1 Å². The Kier molecular flexibility index (Phi) is 7.83. The molecule has 0 aliphatic heterocycles. The molecule has 6 heteroatoms. The Labute approximate surface area is 170 Å². The number of halogens is 1. The fraction of sp³-hybridized carbons (Fsp3) is 0.261. The van der Waals surface area contributed by atoms with Crippen LogP contribution in [0, 0.1) is 5.82 Å². The lowest BCUT2D eigenvalue weighted by Gasteiger charge is -2.13. The van der Waals surface area contributed by atoms with Crippen molar-refractivity contribution in [3.05, 3.63) is 83.8 Å². The van der Waals surface area contributed by atoms with E-state index >= 15 is 0 Å². The zero-order valence-corrected chi connectivity index (χ0v) is 16.4. The summed E-state index contributed by atoms with van der Waals surface area (Å²) in [6.45, 7) is 2.52. The molecule has 3 rings (SSSR count). The average Bonchev–Trinajstić information content (AvgIpc) is 2.77. The van der Waals surface area contributed by atoms with Crippen molar-refractivity contribution < 1.29 is 18.6 Å². The molecule has 0 radical (unpaired) electrons. The Morgan fingerprint density at radius 2 is 1.76 bits per heavy atom. The Hall–Kier alpha value is -3.12. The molecule has 0 unspecified atom stereocenters. The lowest BCUT2D eigenvalue weighted by Crippen LogP contribution is -2.17. The molecule has 152 valence electrons. The molecule has 2 aromatic carbocycles. The summed E-state index contributed by atoms with van der Waals surface area (Å²) in [7, 11) is 1.62. The number of methoxy groups -OCH3 is 1. The van der Waals surface area contributed by atoms with Gasteiger partial charge >= 0.3 is 0 Å². The molecule has 29 heavy (non-hydrogen) atoms. The number of hydrogen-bond donors (Lipinski definition) is 1. The first-order valence-electron chi connectivity index (χ1n) is 9.53. The number of ether oxygens (including phenoxy) is 3. The molecule has 0 aliphatic carbocycles. The summed E-state index contributed by atoms with van der Waals surface area (Å²) in [6.07, 6.45) is 2.60. The van der Waals surface area contributed by atoms with Gasteiger partial charge < -0.3 is 19.5 Å². The molecule has 0 spiro atoms. The Morgan fingerprint density at radius 1 is 0.931 bits per heavy atom. The van der Waals surface area contributed by atoms with Gasteiger partial charge in [-0.05, 0) is 54.4 Å². The summed E-state index contributed by atoms with van der Waals surface area (Å²) in [5.41, 5.74) is 1.99. The quantitative estimate of drug-likeness (QED) is 0.488. The molecule has 0 atom stereocenters. The molecule has 1 heterocycles. The van der Waals surface area contributed by atoms with E-state index in [0.717, 1.165) is 30.6 Å². The highest BCUT2D eigenvalue weighted by Crippen LogP contribution is 2.28. The fourth-order valence-electron chi connectivity index (χ4n) is 2.72. The van der Waals surface area contributed by atoms with E-state index in [4.69, 9.17) is 14.2 Å². The summed E-state index contributed by atoms with van der Waals surface area (Å²) in [5, 5.41) is 3.39. The van der Waals surface area contributed by atoms with E-state index < -0.39 is 0 Å². The van der Waals surface area contributed by atoms with Crippen molar-refractivity contribution in [2.24, 2.45) is 0 Å². The Balaban J connectivity index is 1.41. The first-order chi connectivity index (χ1) is 14.2. The van der Waals surface area contributed by atoms with Crippen LogP contribution in [0.15, 0.2) is 66.9 Å². The largest absolute Gasteiger partial charge is 0.493 e. The van der Waals surface area contributed by atoms with Crippen LogP contribution in [-0.4, -0.2) is 25.2 Å². The molecule has 0 fully saturated rings. The van der Waals surface area contributed by atoms with Crippen molar-refractivity contribution in [3.63, 3.8) is 0 Å². The molecule has 0 saturated carbocycles. The molecule has 3 aromatic rings. The van der Waals surface area contributed by atoms with Gasteiger partial charge in [0.15, 0.2) is 11.5 Å². The van der Waals surface area contributed by atoms with Crippen LogP contribution in [0.2, 0.25) is 0 Å². The van der Waals surface area contributed by atoms with Gasteiger partial charge in [0.25, 0.3) is 0 Å². The van der Waals surface area contributed by atoms with Gasteiger partial charge in [-0.15, -0.1) is 0 Å². The third kappa shape index (κ3) is 6.76. The number of nitrogens with zero attached hydrogens (tertiary/aromatic N) is 1. The molecule has 1 aromatic heterocycles. The van der Waals surface area contributed by atoms with Crippen LogP contribution in [0.1, 0.15) is 17.5 Å². The van der Waals surface area contributed by atoms with E-state index in [2.05, 4.69) is 10.3 Å². The van der Waals surface area contributed by atoms with Crippen LogP contribution >= 0.6 is 0 Å². The van der Waals surface area contributed by atoms with Gasteiger partial charge in [-0.2, -0.15) is 0 Å². The maximum atomic E-state index is 13.0. The number of nitrogens with one attached hydrogen (secondary N) is 1. The highest BCUT2D eigenvalue weighted by atomic mass is 19.1. The smallest absolute Gasteiger partial charge is 0.213 e. The van der Waals surface area contributed by atoms with Crippen molar-refractivity contribution in [2.75, 3.05) is 20.3 Å². The van der Waals surface area contributed by atoms with Crippen molar-refractivity contribution in [1.29, 1.82) is 0 Å². The first-order valence-corrected chi connectivity index (χ1v) is 9.53. The Bertz CT molecular complexity index is 873. The monoisotopic (exact) mass is 396 g/mol. The van der Waals surface area contributed by atoms with Crippen LogP contribution < -0.4 is 19.5 Å².